The number of nitrogens with two attached hydrogens (primary N) is 1. The smallest absolute Gasteiger partial charge is 0.156 e. The minimum Gasteiger partial charge on any atom is -0.394 e. The number of likely N-dealkylation sites (tertiary alicyclic amines) is 1. The first kappa shape index (κ1) is 12.9. The van der Waals surface area contributed by atoms with Gasteiger partial charge in [0, 0.05) is 32.0 Å². The first-order valence-corrected chi connectivity index (χ1v) is 7.75. The quantitative estimate of drug-likeness (QED) is 0.633. The number of nitrogens with one attached hydrogen (secondary N) is 1. The highest BCUT2D eigenvalue weighted by Crippen LogP contribution is 2.38. The van der Waals surface area contributed by atoms with Gasteiger partial charge in [0.05, 0.1) is 24.8 Å². The molecule has 0 spiro atoms. The molecule has 2 heterocycles. The molecule has 2 aliphatic heterocycles. The van der Waals surface area contributed by atoms with Crippen LogP contribution < -0.4 is 15.5 Å². The van der Waals surface area contributed by atoms with Crippen LogP contribution in [0.3, 0.4) is 0 Å². The van der Waals surface area contributed by atoms with Crippen LogP contribution in [0.4, 0.5) is 11.4 Å². The van der Waals surface area contributed by atoms with E-state index in [9.17, 15) is 0 Å². The van der Waals surface area contributed by atoms with Gasteiger partial charge in [-0.15, -0.1) is 0 Å². The van der Waals surface area contributed by atoms with Crippen LogP contribution in [0.15, 0.2) is 24.3 Å². The van der Waals surface area contributed by atoms with Crippen molar-refractivity contribution in [1.82, 2.24) is 9.80 Å². The number of nitrogens with zero attached hydrogens (tertiary/aromatic N) is 1. The molecule has 2 fully saturated rings. The molecule has 104 valence electrons. The maximum absolute atomic E-state index is 6.31. The summed E-state index contributed by atoms with van der Waals surface area (Å²) in [6, 6.07) is 9.31. The highest BCUT2D eigenvalue weighted by molar-refractivity contribution is 5.65. The van der Waals surface area contributed by atoms with Crippen molar-refractivity contribution in [3.63, 3.8) is 0 Å². The molecule has 0 atom stereocenters. The van der Waals surface area contributed by atoms with Crippen molar-refractivity contribution in [1.29, 1.82) is 0 Å². The third-order valence-electron chi connectivity index (χ3n) is 5.04. The number of hydrogen-bond donors (Lipinski definition) is 2. The molecule has 3 nitrogen and oxygen atoms in total. The van der Waals surface area contributed by atoms with E-state index in [1.165, 1.54) is 50.9 Å². The van der Waals surface area contributed by atoms with E-state index >= 15 is 0 Å². The molecule has 0 aliphatic carbocycles. The Bertz CT molecular complexity index is 418. The van der Waals surface area contributed by atoms with E-state index in [1.807, 2.05) is 0 Å². The monoisotopic (exact) mass is 260 g/mol. The summed E-state index contributed by atoms with van der Waals surface area (Å²) < 4.78 is 1.15. The summed E-state index contributed by atoms with van der Waals surface area (Å²) in [5, 5.41) is 3.50. The number of piperidine rings is 2. The summed E-state index contributed by atoms with van der Waals surface area (Å²) in [7, 11) is 0. The Morgan fingerprint density at radius 1 is 1.00 bits per heavy atom. The van der Waals surface area contributed by atoms with Crippen LogP contribution in [0.1, 0.15) is 32.1 Å². The third kappa shape index (κ3) is 2.37. The number of hydrogen-bond acceptors (Lipinski definition) is 2. The number of nitrogen functional groups attached to an aromatic ring is 1. The van der Waals surface area contributed by atoms with Gasteiger partial charge in [0.25, 0.3) is 0 Å². The molecule has 1 aromatic carbocycles. The van der Waals surface area contributed by atoms with Crippen LogP contribution >= 0.6 is 0 Å². The fourth-order valence-corrected chi connectivity index (χ4v) is 4.07. The predicted molar refractivity (Wildman–Crippen MR) is 82.1 cm³/mol. The summed E-state index contributed by atoms with van der Waals surface area (Å²) in [5.41, 5.74) is 8.68. The third-order valence-corrected chi connectivity index (χ3v) is 5.04. The number of benzene rings is 1. The van der Waals surface area contributed by atoms with Crippen LogP contribution in [-0.4, -0.2) is 32.2 Å². The second-order valence-corrected chi connectivity index (χ2v) is 6.08. The molecule has 3 heteroatoms. The van der Waals surface area contributed by atoms with Gasteiger partial charge in [-0.2, -0.15) is 0 Å². The van der Waals surface area contributed by atoms with Gasteiger partial charge in [-0.1, -0.05) is 12.1 Å². The lowest BCUT2D eigenvalue weighted by Gasteiger charge is -2.48. The van der Waals surface area contributed by atoms with E-state index < -0.39 is 0 Å². The minimum atomic E-state index is 0.756. The zero-order valence-electron chi connectivity index (χ0n) is 11.8. The van der Waals surface area contributed by atoms with E-state index in [1.54, 1.807) is 0 Å². The Balaban J connectivity index is 1.98. The highest BCUT2D eigenvalue weighted by Gasteiger charge is 2.41. The fraction of sp³-hybridized carbons (Fsp3) is 0.625. The molecule has 2 aliphatic rings. The van der Waals surface area contributed by atoms with Crippen molar-refractivity contribution in [2.45, 2.75) is 38.1 Å². The Morgan fingerprint density at radius 3 is 2.37 bits per heavy atom. The molecule has 0 radical (unpaired) electrons. The highest BCUT2D eigenvalue weighted by atomic mass is 15.4. The van der Waals surface area contributed by atoms with Crippen molar-refractivity contribution in [2.24, 2.45) is 0 Å². The van der Waals surface area contributed by atoms with Crippen LogP contribution in [0.25, 0.3) is 0 Å². The maximum atomic E-state index is 6.31. The zero-order chi connectivity index (χ0) is 13.1. The summed E-state index contributed by atoms with van der Waals surface area (Å²) in [6.07, 6.45) is 6.65. The topological polar surface area (TPSA) is 38.0 Å². The van der Waals surface area contributed by atoms with Crippen molar-refractivity contribution in [2.75, 3.05) is 31.9 Å². The minimum absolute atomic E-state index is 0.756. The molecule has 1 aromatic rings. The molecule has 0 saturated carbocycles. The average Bonchev–Trinajstić information content (AvgIpc) is 2.49. The number of para-hydroxylation sites is 2. The largest absolute Gasteiger partial charge is 0.394 e. The van der Waals surface area contributed by atoms with Crippen LogP contribution in [-0.2, 0) is 0 Å². The first-order valence-electron chi connectivity index (χ1n) is 7.75. The number of rotatable bonds is 2. The van der Waals surface area contributed by atoms with Gasteiger partial charge in [-0.3, -0.25) is 4.48 Å². The average molecular weight is 260 g/mol. The SMILES string of the molecule is Nc1ccccc1[N+]1(C2CCNCC2)CCCCC1. The van der Waals surface area contributed by atoms with Crippen LogP contribution in [0.2, 0.25) is 0 Å². The van der Waals surface area contributed by atoms with Gasteiger partial charge >= 0.3 is 0 Å². The molecule has 0 bridgehead atoms. The molecule has 3 rings (SSSR count). The van der Waals surface area contributed by atoms with Crippen molar-refractivity contribution in [3.8, 4) is 0 Å². The second-order valence-electron chi connectivity index (χ2n) is 6.08. The number of quaternary nitrogens is 1. The molecule has 19 heavy (non-hydrogen) atoms. The summed E-state index contributed by atoms with van der Waals surface area (Å²) in [6.45, 7) is 4.88. The Labute approximate surface area is 116 Å². The van der Waals surface area contributed by atoms with Crippen LogP contribution in [0.5, 0.6) is 0 Å². The van der Waals surface area contributed by atoms with Gasteiger partial charge in [0.15, 0.2) is 5.69 Å². The summed E-state index contributed by atoms with van der Waals surface area (Å²) >= 11 is 0. The summed E-state index contributed by atoms with van der Waals surface area (Å²) in [5.74, 6) is 0. The number of anilines is 1. The van der Waals surface area contributed by atoms with Gasteiger partial charge < -0.3 is 11.1 Å². The lowest BCUT2D eigenvalue weighted by atomic mass is 9.94. The van der Waals surface area contributed by atoms with E-state index in [0.717, 1.165) is 29.3 Å². The summed E-state index contributed by atoms with van der Waals surface area (Å²) in [4.78, 5) is 0. The van der Waals surface area contributed by atoms with Gasteiger partial charge in [-0.25, -0.2) is 0 Å². The van der Waals surface area contributed by atoms with Crippen LogP contribution in [0, 0.1) is 0 Å². The van der Waals surface area contributed by atoms with Crippen molar-refractivity contribution >= 4 is 11.4 Å². The van der Waals surface area contributed by atoms with E-state index in [-0.39, 0.29) is 0 Å². The van der Waals surface area contributed by atoms with E-state index in [4.69, 9.17) is 5.73 Å². The normalized spacial score (nSPS) is 24.2. The molecular formula is C16H26N3+. The van der Waals surface area contributed by atoms with Gasteiger partial charge in [0.1, 0.15) is 0 Å². The van der Waals surface area contributed by atoms with Crippen molar-refractivity contribution < 1.29 is 0 Å². The molecule has 0 amide bonds. The first-order chi connectivity index (χ1) is 9.33. The zero-order valence-corrected chi connectivity index (χ0v) is 11.8. The Morgan fingerprint density at radius 2 is 1.68 bits per heavy atom. The van der Waals surface area contributed by atoms with Gasteiger partial charge in [0.2, 0.25) is 0 Å². The lowest BCUT2D eigenvalue weighted by Crippen LogP contribution is -2.62. The fourth-order valence-electron chi connectivity index (χ4n) is 4.07. The standard InChI is InChI=1S/C16H26N3/c17-15-6-2-3-7-16(15)19(12-4-1-5-13-19)14-8-10-18-11-9-14/h2-3,6-7,14,18H,1,4-5,8-13,17H2/q+1. The molecule has 0 unspecified atom stereocenters. The Kier molecular flexibility index (Phi) is 3.76. The second kappa shape index (κ2) is 5.51. The van der Waals surface area contributed by atoms with E-state index in [2.05, 4.69) is 29.6 Å². The molecule has 3 N–H and O–H groups in total. The lowest BCUT2D eigenvalue weighted by molar-refractivity contribution is 0.139. The maximum Gasteiger partial charge on any atom is 0.156 e. The molecule has 2 saturated heterocycles. The molecular weight excluding hydrogens is 234 g/mol. The van der Waals surface area contributed by atoms with Crippen molar-refractivity contribution in [3.05, 3.63) is 24.3 Å². The van der Waals surface area contributed by atoms with E-state index in [0.29, 0.717) is 0 Å². The predicted octanol–water partition coefficient (Wildman–Crippen LogP) is 2.51. The van der Waals surface area contributed by atoms with Gasteiger partial charge in [-0.05, 0) is 25.3 Å². The Hall–Kier alpha value is -1.06. The molecule has 0 aromatic heterocycles.